The second-order valence-corrected chi connectivity index (χ2v) is 4.46. The van der Waals surface area contributed by atoms with E-state index in [0.29, 0.717) is 18.5 Å². The van der Waals surface area contributed by atoms with Crippen LogP contribution in [0.15, 0.2) is 24.3 Å². The minimum atomic E-state index is -0.514. The molecule has 0 aromatic heterocycles. The van der Waals surface area contributed by atoms with Crippen LogP contribution in [-0.2, 0) is 4.79 Å². The summed E-state index contributed by atoms with van der Waals surface area (Å²) in [5, 5.41) is 9.19. The van der Waals surface area contributed by atoms with Crippen molar-refractivity contribution in [2.75, 3.05) is 6.54 Å². The van der Waals surface area contributed by atoms with Gasteiger partial charge in [0.2, 0.25) is 5.91 Å². The van der Waals surface area contributed by atoms with Crippen LogP contribution in [0, 0.1) is 0 Å². The molecule has 2 amide bonds. The Morgan fingerprint density at radius 1 is 1.22 bits per heavy atom. The van der Waals surface area contributed by atoms with Gasteiger partial charge in [-0.3, -0.25) is 9.59 Å². The van der Waals surface area contributed by atoms with Crippen LogP contribution in [0.25, 0.3) is 0 Å². The molecule has 1 atom stereocenters. The Balaban J connectivity index is 2.20. The number of rotatable bonds is 2. The minimum absolute atomic E-state index is 0.108. The zero-order valence-electron chi connectivity index (χ0n) is 10.0. The highest BCUT2D eigenvalue weighted by atomic mass is 16.3. The molecule has 1 aromatic carbocycles. The lowest BCUT2D eigenvalue weighted by Gasteiger charge is -2.33. The molecule has 0 radical (unpaired) electrons. The fourth-order valence-corrected chi connectivity index (χ4v) is 2.24. The molecule has 1 fully saturated rings. The fourth-order valence-electron chi connectivity index (χ4n) is 2.24. The Labute approximate surface area is 105 Å². The number of hydrogen-bond acceptors (Lipinski definition) is 3. The smallest absolute Gasteiger partial charge is 0.254 e. The Morgan fingerprint density at radius 3 is 2.50 bits per heavy atom. The number of carbonyl (C=O) groups excluding carboxylic acids is 2. The Kier molecular flexibility index (Phi) is 3.50. The molecule has 0 bridgehead atoms. The van der Waals surface area contributed by atoms with Crippen LogP contribution in [0.4, 0.5) is 0 Å². The van der Waals surface area contributed by atoms with Gasteiger partial charge in [-0.1, -0.05) is 0 Å². The third-order valence-electron chi connectivity index (χ3n) is 3.21. The number of benzene rings is 1. The molecule has 1 aliphatic rings. The standard InChI is InChI=1S/C13H16N2O3/c14-12(17)11-3-1-2-8-15(11)13(18)9-4-6-10(16)7-5-9/h4-7,11,16H,1-3,8H2,(H2,14,17). The summed E-state index contributed by atoms with van der Waals surface area (Å²) in [6.07, 6.45) is 2.42. The van der Waals surface area contributed by atoms with Crippen molar-refractivity contribution in [1.82, 2.24) is 4.90 Å². The van der Waals surface area contributed by atoms with Crippen molar-refractivity contribution in [3.8, 4) is 5.75 Å². The van der Waals surface area contributed by atoms with Crippen molar-refractivity contribution in [2.24, 2.45) is 5.73 Å². The number of primary amides is 1. The SMILES string of the molecule is NC(=O)C1CCCCN1C(=O)c1ccc(O)cc1. The van der Waals surface area contributed by atoms with Gasteiger partial charge in [0.05, 0.1) is 0 Å². The van der Waals surface area contributed by atoms with E-state index in [0.717, 1.165) is 12.8 Å². The first-order valence-electron chi connectivity index (χ1n) is 5.99. The molecule has 96 valence electrons. The highest BCUT2D eigenvalue weighted by Crippen LogP contribution is 2.20. The summed E-state index contributed by atoms with van der Waals surface area (Å²) in [5.41, 5.74) is 5.78. The van der Waals surface area contributed by atoms with Crippen LogP contribution in [0.1, 0.15) is 29.6 Å². The van der Waals surface area contributed by atoms with E-state index in [4.69, 9.17) is 5.73 Å². The van der Waals surface area contributed by atoms with E-state index in [1.54, 1.807) is 12.1 Å². The van der Waals surface area contributed by atoms with Crippen molar-refractivity contribution in [3.05, 3.63) is 29.8 Å². The van der Waals surface area contributed by atoms with E-state index in [-0.39, 0.29) is 11.7 Å². The van der Waals surface area contributed by atoms with Gasteiger partial charge in [0.15, 0.2) is 0 Å². The van der Waals surface area contributed by atoms with Crippen molar-refractivity contribution in [3.63, 3.8) is 0 Å². The van der Waals surface area contributed by atoms with E-state index in [1.807, 2.05) is 0 Å². The number of aromatic hydroxyl groups is 1. The van der Waals surface area contributed by atoms with E-state index in [1.165, 1.54) is 17.0 Å². The first-order valence-corrected chi connectivity index (χ1v) is 5.99. The molecule has 0 spiro atoms. The lowest BCUT2D eigenvalue weighted by molar-refractivity contribution is -0.123. The van der Waals surface area contributed by atoms with Crippen molar-refractivity contribution >= 4 is 11.8 Å². The number of amides is 2. The monoisotopic (exact) mass is 248 g/mol. The quantitative estimate of drug-likeness (QED) is 0.814. The number of phenols is 1. The van der Waals surface area contributed by atoms with Crippen LogP contribution in [0.5, 0.6) is 5.75 Å². The summed E-state index contributed by atoms with van der Waals surface area (Å²) in [7, 11) is 0. The average Bonchev–Trinajstić information content (AvgIpc) is 2.39. The molecule has 1 unspecified atom stereocenters. The maximum absolute atomic E-state index is 12.3. The van der Waals surface area contributed by atoms with Crippen molar-refractivity contribution in [1.29, 1.82) is 0 Å². The summed E-state index contributed by atoms with van der Waals surface area (Å²) < 4.78 is 0. The van der Waals surface area contributed by atoms with Gasteiger partial charge in [0.1, 0.15) is 11.8 Å². The second-order valence-electron chi connectivity index (χ2n) is 4.46. The molecule has 5 nitrogen and oxygen atoms in total. The zero-order valence-corrected chi connectivity index (χ0v) is 10.0. The molecule has 2 rings (SSSR count). The molecule has 1 heterocycles. The number of likely N-dealkylation sites (tertiary alicyclic amines) is 1. The molecular weight excluding hydrogens is 232 g/mol. The third kappa shape index (κ3) is 2.45. The summed E-state index contributed by atoms with van der Waals surface area (Å²) >= 11 is 0. The fraction of sp³-hybridized carbons (Fsp3) is 0.385. The maximum atomic E-state index is 12.3. The molecule has 3 N–H and O–H groups in total. The van der Waals surface area contributed by atoms with Crippen molar-refractivity contribution in [2.45, 2.75) is 25.3 Å². The van der Waals surface area contributed by atoms with Gasteiger partial charge in [0, 0.05) is 12.1 Å². The predicted molar refractivity (Wildman–Crippen MR) is 66.0 cm³/mol. The second kappa shape index (κ2) is 5.08. The number of hydrogen-bond donors (Lipinski definition) is 2. The zero-order chi connectivity index (χ0) is 13.1. The number of nitrogens with two attached hydrogens (primary N) is 1. The van der Waals surface area contributed by atoms with Gasteiger partial charge in [-0.2, -0.15) is 0 Å². The summed E-state index contributed by atoms with van der Waals surface area (Å²) in [4.78, 5) is 25.1. The van der Waals surface area contributed by atoms with E-state index in [2.05, 4.69) is 0 Å². The Morgan fingerprint density at radius 2 is 1.89 bits per heavy atom. The third-order valence-corrected chi connectivity index (χ3v) is 3.21. The summed E-state index contributed by atoms with van der Waals surface area (Å²) in [5.74, 6) is -0.558. The maximum Gasteiger partial charge on any atom is 0.254 e. The molecule has 5 heteroatoms. The van der Waals surface area contributed by atoms with Crippen LogP contribution < -0.4 is 5.73 Å². The number of nitrogens with zero attached hydrogens (tertiary/aromatic N) is 1. The number of carbonyl (C=O) groups is 2. The van der Waals surface area contributed by atoms with Gasteiger partial charge in [0.25, 0.3) is 5.91 Å². The molecule has 1 aliphatic heterocycles. The predicted octanol–water partition coefficient (Wildman–Crippen LogP) is 0.872. The minimum Gasteiger partial charge on any atom is -0.508 e. The highest BCUT2D eigenvalue weighted by molar-refractivity contribution is 5.97. The average molecular weight is 248 g/mol. The van der Waals surface area contributed by atoms with Gasteiger partial charge in [-0.15, -0.1) is 0 Å². The number of piperidine rings is 1. The molecule has 1 saturated heterocycles. The topological polar surface area (TPSA) is 83.6 Å². The van der Waals surface area contributed by atoms with Crippen molar-refractivity contribution < 1.29 is 14.7 Å². The Hall–Kier alpha value is -2.04. The van der Waals surface area contributed by atoms with Crippen LogP contribution >= 0.6 is 0 Å². The lowest BCUT2D eigenvalue weighted by atomic mass is 10.0. The molecule has 0 saturated carbocycles. The first-order chi connectivity index (χ1) is 8.59. The molecular formula is C13H16N2O3. The molecule has 18 heavy (non-hydrogen) atoms. The van der Waals surface area contributed by atoms with Gasteiger partial charge < -0.3 is 15.7 Å². The van der Waals surface area contributed by atoms with Gasteiger partial charge in [-0.25, -0.2) is 0 Å². The van der Waals surface area contributed by atoms with Gasteiger partial charge in [-0.05, 0) is 43.5 Å². The van der Waals surface area contributed by atoms with Gasteiger partial charge >= 0.3 is 0 Å². The molecule has 0 aliphatic carbocycles. The van der Waals surface area contributed by atoms with Crippen LogP contribution in [0.2, 0.25) is 0 Å². The molecule has 1 aromatic rings. The van der Waals surface area contributed by atoms with Crippen LogP contribution in [0.3, 0.4) is 0 Å². The lowest BCUT2D eigenvalue weighted by Crippen LogP contribution is -2.50. The normalized spacial score (nSPS) is 19.6. The summed E-state index contributed by atoms with van der Waals surface area (Å²) in [6.45, 7) is 0.549. The Bertz CT molecular complexity index is 456. The largest absolute Gasteiger partial charge is 0.508 e. The first kappa shape index (κ1) is 12.4. The van der Waals surface area contributed by atoms with E-state index >= 15 is 0 Å². The summed E-state index contributed by atoms with van der Waals surface area (Å²) in [6, 6.07) is 5.49. The van der Waals surface area contributed by atoms with E-state index in [9.17, 15) is 14.7 Å². The van der Waals surface area contributed by atoms with E-state index < -0.39 is 11.9 Å². The van der Waals surface area contributed by atoms with Crippen LogP contribution in [-0.4, -0.2) is 34.4 Å². The number of phenolic OH excluding ortho intramolecular Hbond substituents is 1. The highest BCUT2D eigenvalue weighted by Gasteiger charge is 2.30.